The molecule has 0 aliphatic rings. The fraction of sp³-hybridized carbons (Fsp3) is 0.333. The maximum atomic E-state index is 7.95. The first-order chi connectivity index (χ1) is 12.6. The number of oxime groups is 6. The van der Waals surface area contributed by atoms with Crippen molar-refractivity contribution < 1.29 is 64.2 Å². The van der Waals surface area contributed by atoms with Gasteiger partial charge in [0.25, 0.3) is 0 Å². The molecular formula is C9H26N13Ni2O6-. The summed E-state index contributed by atoms with van der Waals surface area (Å²) >= 11 is 0. The van der Waals surface area contributed by atoms with Gasteiger partial charge in [0, 0.05) is 33.0 Å². The van der Waals surface area contributed by atoms with Crippen LogP contribution < -0.4 is 34.4 Å². The van der Waals surface area contributed by atoms with Crippen LogP contribution in [0.4, 0.5) is 0 Å². The molecule has 0 aliphatic carbocycles. The van der Waals surface area contributed by atoms with E-state index in [4.69, 9.17) is 65.6 Å². The Kier molecular flexibility index (Phi) is 38.0. The van der Waals surface area contributed by atoms with Crippen LogP contribution in [0.25, 0.3) is 6.15 Å². The predicted octanol–water partition coefficient (Wildman–Crippen LogP) is -2.68. The summed E-state index contributed by atoms with van der Waals surface area (Å²) in [5, 5.41) is 63.3. The SMILES string of the molecule is NC(CC(N)=NO)=NO.NC(CC(N)=NO)=NO.NC(CC(N)=NO)=NO.[NH2-].[Ni].[Ni]. The van der Waals surface area contributed by atoms with E-state index in [-0.39, 0.29) is 93.4 Å². The minimum Gasteiger partial charge on any atom is -0.693 e. The van der Waals surface area contributed by atoms with E-state index >= 15 is 0 Å². The first kappa shape index (κ1) is 41.1. The Morgan fingerprint density at radius 3 is 0.567 bits per heavy atom. The third-order valence-electron chi connectivity index (χ3n) is 1.86. The summed E-state index contributed by atoms with van der Waals surface area (Å²) in [4.78, 5) is 0. The van der Waals surface area contributed by atoms with E-state index in [0.29, 0.717) is 0 Å². The van der Waals surface area contributed by atoms with Crippen molar-refractivity contribution in [2.24, 2.45) is 65.3 Å². The fourth-order valence-corrected chi connectivity index (χ4v) is 0.769. The Labute approximate surface area is 190 Å². The van der Waals surface area contributed by atoms with Crippen molar-refractivity contribution in [1.29, 1.82) is 0 Å². The summed E-state index contributed by atoms with van der Waals surface area (Å²) in [5.41, 5.74) is 29.9. The molecule has 20 N–H and O–H groups in total. The van der Waals surface area contributed by atoms with Gasteiger partial charge >= 0.3 is 0 Å². The summed E-state index contributed by atoms with van der Waals surface area (Å²) in [5.74, 6) is -0.554. The van der Waals surface area contributed by atoms with Gasteiger partial charge in [-0.25, -0.2) is 0 Å². The zero-order valence-corrected chi connectivity index (χ0v) is 17.1. The summed E-state index contributed by atoms with van der Waals surface area (Å²) in [6, 6.07) is 0. The Morgan fingerprint density at radius 1 is 0.400 bits per heavy atom. The summed E-state index contributed by atoms with van der Waals surface area (Å²) in [6.45, 7) is 0. The average molecular weight is 530 g/mol. The topological polar surface area (TPSA) is 385 Å². The fourth-order valence-electron chi connectivity index (χ4n) is 0.769. The number of nitrogens with zero attached hydrogens (tertiary/aromatic N) is 6. The molecule has 0 saturated heterocycles. The number of amidine groups is 6. The molecule has 0 unspecified atom stereocenters. The molecule has 0 heterocycles. The third-order valence-corrected chi connectivity index (χ3v) is 1.86. The van der Waals surface area contributed by atoms with Gasteiger partial charge in [0.1, 0.15) is 35.0 Å². The van der Waals surface area contributed by atoms with Gasteiger partial charge in [-0.3, -0.25) is 0 Å². The quantitative estimate of drug-likeness (QED) is 0.0550. The first-order valence-electron chi connectivity index (χ1n) is 6.40. The van der Waals surface area contributed by atoms with E-state index in [0.717, 1.165) is 0 Å². The first-order valence-corrected chi connectivity index (χ1v) is 6.40. The molecule has 0 aliphatic heterocycles. The molecule has 0 bridgehead atoms. The maximum absolute atomic E-state index is 7.95. The van der Waals surface area contributed by atoms with Crippen LogP contribution in [-0.2, 0) is 33.0 Å². The van der Waals surface area contributed by atoms with Crippen LogP contribution in [-0.4, -0.2) is 66.3 Å². The van der Waals surface area contributed by atoms with E-state index in [9.17, 15) is 0 Å². The molecule has 184 valence electrons. The van der Waals surface area contributed by atoms with E-state index in [1.807, 2.05) is 0 Å². The van der Waals surface area contributed by atoms with Crippen LogP contribution in [0.1, 0.15) is 19.3 Å². The smallest absolute Gasteiger partial charge is 0.146 e. The Hall–Kier alpha value is -3.43. The van der Waals surface area contributed by atoms with Crippen molar-refractivity contribution in [3.05, 3.63) is 6.15 Å². The van der Waals surface area contributed by atoms with Crippen LogP contribution in [0.15, 0.2) is 30.9 Å². The van der Waals surface area contributed by atoms with Crippen LogP contribution in [0, 0.1) is 0 Å². The molecule has 21 heteroatoms. The summed E-state index contributed by atoms with van der Waals surface area (Å²) in [7, 11) is 0. The van der Waals surface area contributed by atoms with Gasteiger partial charge in [0.15, 0.2) is 0 Å². The van der Waals surface area contributed by atoms with Crippen molar-refractivity contribution in [3.8, 4) is 0 Å². The van der Waals surface area contributed by atoms with Crippen molar-refractivity contribution in [2.45, 2.75) is 19.3 Å². The number of hydrogen-bond acceptors (Lipinski definition) is 12. The average Bonchev–Trinajstić information content (AvgIpc) is 2.67. The zero-order valence-electron chi connectivity index (χ0n) is 15.2. The number of nitrogens with two attached hydrogens (primary N) is 7. The number of rotatable bonds is 6. The van der Waals surface area contributed by atoms with Gasteiger partial charge < -0.3 is 71.8 Å². The van der Waals surface area contributed by atoms with E-state index in [2.05, 4.69) is 30.9 Å². The predicted molar refractivity (Wildman–Crippen MR) is 99.6 cm³/mol. The van der Waals surface area contributed by atoms with E-state index in [1.54, 1.807) is 0 Å². The second kappa shape index (κ2) is 27.8. The molecule has 0 rings (SSSR count). The molecule has 0 radical (unpaired) electrons. The molecule has 30 heavy (non-hydrogen) atoms. The molecule has 0 aromatic heterocycles. The van der Waals surface area contributed by atoms with Gasteiger partial charge in [0.05, 0.1) is 19.3 Å². The van der Waals surface area contributed by atoms with Crippen molar-refractivity contribution in [3.63, 3.8) is 0 Å². The van der Waals surface area contributed by atoms with Gasteiger partial charge in [-0.05, 0) is 0 Å². The largest absolute Gasteiger partial charge is 0.693 e. The van der Waals surface area contributed by atoms with E-state index < -0.39 is 0 Å². The molecule has 0 spiro atoms. The normalized spacial score (nSPS) is 12.4. The number of hydrogen-bond donors (Lipinski definition) is 12. The van der Waals surface area contributed by atoms with Gasteiger partial charge in [-0.1, -0.05) is 30.9 Å². The maximum Gasteiger partial charge on any atom is 0.146 e. The summed E-state index contributed by atoms with van der Waals surface area (Å²) in [6.07, 6.45) is -0.104. The molecule has 0 aromatic carbocycles. The molecule has 0 amide bonds. The molecule has 19 nitrogen and oxygen atoms in total. The van der Waals surface area contributed by atoms with Crippen LogP contribution in [0.2, 0.25) is 0 Å². The Morgan fingerprint density at radius 2 is 0.500 bits per heavy atom. The van der Waals surface area contributed by atoms with Crippen molar-refractivity contribution >= 4 is 35.0 Å². The van der Waals surface area contributed by atoms with Crippen LogP contribution >= 0.6 is 0 Å². The molecule has 0 saturated carbocycles. The monoisotopic (exact) mass is 528 g/mol. The standard InChI is InChI=1S/3C3H8N4O2.H2N.2Ni/c3*4-2(6-8)1-3(5)7-9;;;/h3*8-9H,1H2,(H2,4,6)(H2,5,7);1H2;;/q;;;-1;;. The van der Waals surface area contributed by atoms with E-state index in [1.165, 1.54) is 0 Å². The van der Waals surface area contributed by atoms with Gasteiger partial charge in [-0.15, -0.1) is 0 Å². The Bertz CT molecular complexity index is 467. The molecule has 0 fully saturated rings. The zero-order chi connectivity index (χ0) is 21.8. The van der Waals surface area contributed by atoms with Crippen molar-refractivity contribution in [2.75, 3.05) is 0 Å². The Balaban J connectivity index is -0.0000000686. The molecule has 0 atom stereocenters. The van der Waals surface area contributed by atoms with Gasteiger partial charge in [0.2, 0.25) is 0 Å². The minimum absolute atomic E-state index is 0. The second-order valence-corrected chi connectivity index (χ2v) is 4.08. The van der Waals surface area contributed by atoms with Crippen LogP contribution in [0.5, 0.6) is 0 Å². The molecular weight excluding hydrogens is 504 g/mol. The minimum atomic E-state index is -0.0923. The third kappa shape index (κ3) is 32.3. The van der Waals surface area contributed by atoms with Crippen LogP contribution in [0.3, 0.4) is 0 Å². The summed E-state index contributed by atoms with van der Waals surface area (Å²) < 4.78 is 0. The van der Waals surface area contributed by atoms with Gasteiger partial charge in [-0.2, -0.15) is 0 Å². The van der Waals surface area contributed by atoms with Crippen molar-refractivity contribution in [1.82, 2.24) is 0 Å². The molecule has 0 aromatic rings. The second-order valence-electron chi connectivity index (χ2n) is 4.08.